The molecule has 7 nitrogen and oxygen atoms in total. The van der Waals surface area contributed by atoms with Gasteiger partial charge in [-0.2, -0.15) is 0 Å². The van der Waals surface area contributed by atoms with Crippen molar-refractivity contribution in [3.63, 3.8) is 0 Å². The second kappa shape index (κ2) is 16.6. The number of carboxylic acids is 1. The third-order valence-corrected chi connectivity index (χ3v) is 16.3. The zero-order valence-electron chi connectivity index (χ0n) is 35.4. The summed E-state index contributed by atoms with van der Waals surface area (Å²) in [6.07, 6.45) is 21.7. The van der Waals surface area contributed by atoms with Crippen LogP contribution in [-0.2, 0) is 25.5 Å². The maximum atomic E-state index is 14.2. The van der Waals surface area contributed by atoms with Gasteiger partial charge in [0.25, 0.3) is 0 Å². The normalized spacial score (nSPS) is 36.1. The first-order valence-corrected chi connectivity index (χ1v) is 21.1. The summed E-state index contributed by atoms with van der Waals surface area (Å²) in [4.78, 5) is 38.9. The second-order valence-corrected chi connectivity index (χ2v) is 19.2. The van der Waals surface area contributed by atoms with Gasteiger partial charge in [0.05, 0.1) is 24.4 Å². The van der Waals surface area contributed by atoms with Gasteiger partial charge < -0.3 is 19.9 Å². The van der Waals surface area contributed by atoms with E-state index in [2.05, 4.69) is 64.9 Å². The van der Waals surface area contributed by atoms with E-state index in [-0.39, 0.29) is 39.6 Å². The van der Waals surface area contributed by atoms with Gasteiger partial charge in [-0.1, -0.05) is 67.0 Å². The highest BCUT2D eigenvalue weighted by Gasteiger charge is 2.71. The molecule has 5 aliphatic carbocycles. The number of esters is 1. The molecule has 9 atom stereocenters. The summed E-state index contributed by atoms with van der Waals surface area (Å²) in [6, 6.07) is 8.25. The van der Waals surface area contributed by atoms with E-state index in [4.69, 9.17) is 9.47 Å². The number of rotatable bonds is 10. The number of terminal acetylenes is 1. The van der Waals surface area contributed by atoms with E-state index < -0.39 is 17.4 Å². The minimum absolute atomic E-state index is 0.109. The Hall–Kier alpha value is -3.01. The lowest BCUT2D eigenvalue weighted by molar-refractivity contribution is -0.247. The molecule has 0 bridgehead atoms. The van der Waals surface area contributed by atoms with E-state index in [1.165, 1.54) is 31.2 Å². The Morgan fingerprint density at radius 1 is 0.833 bits per heavy atom. The van der Waals surface area contributed by atoms with Gasteiger partial charge in [-0.3, -0.25) is 14.4 Å². The molecule has 8 unspecified atom stereocenters. The minimum Gasteiger partial charge on any atom is -0.497 e. The average Bonchev–Trinajstić information content (AvgIpc) is 3.59. The Balaban J connectivity index is 0.00000157. The molecular weight excluding hydrogens is 675 g/mol. The van der Waals surface area contributed by atoms with Crippen LogP contribution in [0.3, 0.4) is 0 Å². The summed E-state index contributed by atoms with van der Waals surface area (Å²) in [5.41, 5.74) is 0.292. The first kappa shape index (κ1) is 43.7. The van der Waals surface area contributed by atoms with Gasteiger partial charge in [0.1, 0.15) is 11.9 Å². The lowest BCUT2D eigenvalue weighted by Gasteiger charge is -2.72. The maximum Gasteiger partial charge on any atom is 0.309 e. The van der Waals surface area contributed by atoms with Crippen molar-refractivity contribution in [2.24, 2.45) is 56.2 Å². The van der Waals surface area contributed by atoms with Crippen LogP contribution >= 0.6 is 0 Å². The Bertz CT molecular complexity index is 1500. The number of aryl methyl sites for hydroxylation is 1. The molecule has 0 aliphatic heterocycles. The highest BCUT2D eigenvalue weighted by molar-refractivity contribution is 5.83. The zero-order chi connectivity index (χ0) is 40.3. The summed E-state index contributed by atoms with van der Waals surface area (Å²) < 4.78 is 11.5. The van der Waals surface area contributed by atoms with Crippen molar-refractivity contribution in [1.82, 2.24) is 5.32 Å². The van der Waals surface area contributed by atoms with E-state index in [0.717, 1.165) is 70.1 Å². The predicted molar refractivity (Wildman–Crippen MR) is 217 cm³/mol. The molecule has 0 aromatic heterocycles. The molecular formula is C47H73NO6. The van der Waals surface area contributed by atoms with Gasteiger partial charge in [0.2, 0.25) is 5.91 Å². The molecule has 0 saturated heterocycles. The van der Waals surface area contributed by atoms with E-state index in [9.17, 15) is 19.5 Å². The Labute approximate surface area is 327 Å². The molecule has 7 heteroatoms. The van der Waals surface area contributed by atoms with Gasteiger partial charge in [-0.05, 0) is 149 Å². The number of hydrogen-bond donors (Lipinski definition) is 2. The van der Waals surface area contributed by atoms with Crippen LogP contribution in [0, 0.1) is 69.0 Å². The number of hydrogen-bond acceptors (Lipinski definition) is 5. The van der Waals surface area contributed by atoms with Gasteiger partial charge in [-0.15, -0.1) is 12.8 Å². The van der Waals surface area contributed by atoms with Crippen molar-refractivity contribution >= 4 is 17.8 Å². The van der Waals surface area contributed by atoms with Crippen LogP contribution in [-0.4, -0.2) is 42.7 Å². The summed E-state index contributed by atoms with van der Waals surface area (Å²) >= 11 is 0. The van der Waals surface area contributed by atoms with E-state index in [1.807, 2.05) is 26.0 Å². The SMILES string of the molecule is C#C.CC.COc1ccc(CCCNC(=O)C23CCCC2C2CCC4C5(C)CCC(OC(=O)CC(C)(C)C(=O)O)C(C)(C)C5CCC4(C)[C@]2(C)CC3)cc1. The first-order chi connectivity index (χ1) is 25.4. The Kier molecular flexibility index (Phi) is 13.4. The molecule has 5 fully saturated rings. The van der Waals surface area contributed by atoms with Crippen LogP contribution in [0.5, 0.6) is 5.75 Å². The Morgan fingerprint density at radius 3 is 2.13 bits per heavy atom. The van der Waals surface area contributed by atoms with Crippen LogP contribution in [0.25, 0.3) is 0 Å². The molecule has 5 saturated carbocycles. The lowest BCUT2D eigenvalue weighted by atomic mass is 9.32. The zero-order valence-corrected chi connectivity index (χ0v) is 35.4. The molecule has 1 amide bonds. The summed E-state index contributed by atoms with van der Waals surface area (Å²) in [5.74, 6) is 1.90. The third kappa shape index (κ3) is 7.46. The van der Waals surface area contributed by atoms with Crippen molar-refractivity contribution in [1.29, 1.82) is 0 Å². The number of methoxy groups -OCH3 is 1. The third-order valence-electron chi connectivity index (χ3n) is 16.3. The highest BCUT2D eigenvalue weighted by atomic mass is 16.5. The molecule has 0 spiro atoms. The quantitative estimate of drug-likeness (QED) is 0.140. The van der Waals surface area contributed by atoms with Crippen LogP contribution in [0.4, 0.5) is 0 Å². The molecule has 5 aliphatic rings. The predicted octanol–water partition coefficient (Wildman–Crippen LogP) is 10.3. The van der Waals surface area contributed by atoms with Gasteiger partial charge in [0.15, 0.2) is 0 Å². The number of carbonyl (C=O) groups is 3. The number of amides is 1. The smallest absolute Gasteiger partial charge is 0.309 e. The van der Waals surface area contributed by atoms with Gasteiger partial charge in [-0.25, -0.2) is 0 Å². The molecule has 1 aromatic carbocycles. The number of carbonyl (C=O) groups excluding carboxylic acids is 2. The number of nitrogens with one attached hydrogen (secondary N) is 1. The number of fused-ring (bicyclic) bond motifs is 7. The van der Waals surface area contributed by atoms with Crippen molar-refractivity contribution < 1.29 is 29.0 Å². The number of ether oxygens (including phenoxy) is 2. The van der Waals surface area contributed by atoms with Gasteiger partial charge >= 0.3 is 11.9 Å². The van der Waals surface area contributed by atoms with Crippen molar-refractivity contribution in [2.45, 2.75) is 158 Å². The molecule has 1 aromatic rings. The number of aliphatic carboxylic acids is 1. The second-order valence-electron chi connectivity index (χ2n) is 19.2. The van der Waals surface area contributed by atoms with Crippen molar-refractivity contribution in [3.05, 3.63) is 29.8 Å². The number of carboxylic acid groups (broad SMARTS) is 1. The van der Waals surface area contributed by atoms with Gasteiger partial charge in [0, 0.05) is 12.0 Å². The summed E-state index contributed by atoms with van der Waals surface area (Å²) in [7, 11) is 1.69. The van der Waals surface area contributed by atoms with E-state index >= 15 is 0 Å². The molecule has 6 rings (SSSR count). The molecule has 0 radical (unpaired) electrons. The average molecular weight is 748 g/mol. The fourth-order valence-corrected chi connectivity index (χ4v) is 13.2. The topological polar surface area (TPSA) is 102 Å². The lowest BCUT2D eigenvalue weighted by Crippen LogP contribution is -2.67. The van der Waals surface area contributed by atoms with E-state index in [0.29, 0.717) is 29.6 Å². The van der Waals surface area contributed by atoms with Crippen LogP contribution in [0.15, 0.2) is 24.3 Å². The highest BCUT2D eigenvalue weighted by Crippen LogP contribution is 2.77. The van der Waals surface area contributed by atoms with Crippen LogP contribution in [0.2, 0.25) is 0 Å². The van der Waals surface area contributed by atoms with Crippen LogP contribution < -0.4 is 10.1 Å². The molecule has 2 N–H and O–H groups in total. The first-order valence-electron chi connectivity index (χ1n) is 21.1. The Morgan fingerprint density at radius 2 is 1.50 bits per heavy atom. The number of benzene rings is 1. The van der Waals surface area contributed by atoms with E-state index in [1.54, 1.807) is 21.0 Å². The van der Waals surface area contributed by atoms with Crippen molar-refractivity contribution in [2.75, 3.05) is 13.7 Å². The fraction of sp³-hybridized carbons (Fsp3) is 0.766. The molecule has 54 heavy (non-hydrogen) atoms. The van der Waals surface area contributed by atoms with Crippen molar-refractivity contribution in [3.8, 4) is 18.6 Å². The summed E-state index contributed by atoms with van der Waals surface area (Å²) in [6.45, 7) is 20.3. The molecule has 0 heterocycles. The monoisotopic (exact) mass is 748 g/mol. The summed E-state index contributed by atoms with van der Waals surface area (Å²) in [5, 5.41) is 13.0. The largest absolute Gasteiger partial charge is 0.497 e. The fourth-order valence-electron chi connectivity index (χ4n) is 13.2. The molecule has 302 valence electrons. The standard InChI is InChI=1S/C43H65NO6.C2H6.C2H2/c1-38(2,37(47)48)27-35(45)50-34-20-22-40(5)32(39(34,3)4)19-23-42(7)33(40)18-17-30-31-12-9-21-43(31,25-24-41(30,42)6)36(46)44-26-10-11-28-13-15-29(49-8)16-14-28;2*1-2/h13-16,30-34H,9-12,17-27H2,1-8H3,(H,44,46)(H,47,48);1-2H3;1-2H/t30?,31?,32?,33?,34?,40?,41-,42?,43?;;/m1../s1. The maximum absolute atomic E-state index is 14.2. The van der Waals surface area contributed by atoms with Crippen LogP contribution in [0.1, 0.15) is 151 Å². The minimum atomic E-state index is -1.14.